The van der Waals surface area contributed by atoms with Gasteiger partial charge in [-0.15, -0.1) is 0 Å². The molecule has 3 nitrogen and oxygen atoms in total. The zero-order valence-corrected chi connectivity index (χ0v) is 11.5. The smallest absolute Gasteiger partial charge is 0.147 e. The summed E-state index contributed by atoms with van der Waals surface area (Å²) in [4.78, 5) is 4.34. The molecule has 0 fully saturated rings. The minimum atomic E-state index is -0.243. The Balaban J connectivity index is 2.28. The summed E-state index contributed by atoms with van der Waals surface area (Å²) < 4.78 is 16.2. The van der Waals surface area contributed by atoms with Crippen LogP contribution in [0.5, 0.6) is 0 Å². The standard InChI is InChI=1S/C16H16FN3/c1-11(18-2)12-6-5-7-13(17)16(12)20-10-19-14-8-3-4-9-15(14)20/h3-11,18H,1-2H3. The quantitative estimate of drug-likeness (QED) is 0.789. The van der Waals surface area contributed by atoms with E-state index in [9.17, 15) is 4.39 Å². The van der Waals surface area contributed by atoms with Gasteiger partial charge in [0, 0.05) is 6.04 Å². The summed E-state index contributed by atoms with van der Waals surface area (Å²) in [5.41, 5.74) is 3.24. The fourth-order valence-corrected chi connectivity index (χ4v) is 2.43. The van der Waals surface area contributed by atoms with Gasteiger partial charge >= 0.3 is 0 Å². The molecule has 3 aromatic rings. The summed E-state index contributed by atoms with van der Waals surface area (Å²) in [6.07, 6.45) is 1.68. The molecule has 1 N–H and O–H groups in total. The van der Waals surface area contributed by atoms with Crippen molar-refractivity contribution in [3.05, 3.63) is 60.2 Å². The highest BCUT2D eigenvalue weighted by atomic mass is 19.1. The van der Waals surface area contributed by atoms with Crippen LogP contribution in [0.25, 0.3) is 16.7 Å². The molecule has 0 spiro atoms. The van der Waals surface area contributed by atoms with Crippen LogP contribution in [0.3, 0.4) is 0 Å². The second kappa shape index (κ2) is 5.06. The largest absolute Gasteiger partial charge is 0.313 e. The Morgan fingerprint density at radius 1 is 1.15 bits per heavy atom. The van der Waals surface area contributed by atoms with E-state index in [2.05, 4.69) is 10.3 Å². The topological polar surface area (TPSA) is 29.9 Å². The molecule has 102 valence electrons. The van der Waals surface area contributed by atoms with E-state index in [1.54, 1.807) is 12.4 Å². The van der Waals surface area contributed by atoms with E-state index >= 15 is 0 Å². The Morgan fingerprint density at radius 3 is 2.75 bits per heavy atom. The minimum absolute atomic E-state index is 0.0573. The van der Waals surface area contributed by atoms with Gasteiger partial charge in [0.05, 0.1) is 16.7 Å². The van der Waals surface area contributed by atoms with Crippen LogP contribution < -0.4 is 5.32 Å². The normalized spacial score (nSPS) is 12.8. The molecule has 1 unspecified atom stereocenters. The van der Waals surface area contributed by atoms with Crippen molar-refractivity contribution in [1.82, 2.24) is 14.9 Å². The van der Waals surface area contributed by atoms with E-state index in [1.807, 2.05) is 48.9 Å². The molecule has 4 heteroatoms. The number of nitrogens with one attached hydrogen (secondary N) is 1. The van der Waals surface area contributed by atoms with Gasteiger partial charge in [-0.05, 0) is 37.7 Å². The summed E-state index contributed by atoms with van der Waals surface area (Å²) in [7, 11) is 1.87. The van der Waals surface area contributed by atoms with Crippen LogP contribution in [-0.2, 0) is 0 Å². The van der Waals surface area contributed by atoms with Crippen LogP contribution in [0.15, 0.2) is 48.8 Å². The third kappa shape index (κ3) is 1.98. The fourth-order valence-electron chi connectivity index (χ4n) is 2.43. The Hall–Kier alpha value is -2.20. The van der Waals surface area contributed by atoms with Gasteiger partial charge < -0.3 is 5.32 Å². The molecule has 0 aliphatic carbocycles. The molecule has 0 radical (unpaired) electrons. The number of halogens is 1. The van der Waals surface area contributed by atoms with E-state index in [1.165, 1.54) is 6.07 Å². The van der Waals surface area contributed by atoms with E-state index in [0.717, 1.165) is 16.6 Å². The van der Waals surface area contributed by atoms with Crippen molar-refractivity contribution < 1.29 is 4.39 Å². The van der Waals surface area contributed by atoms with E-state index in [4.69, 9.17) is 0 Å². The maximum atomic E-state index is 14.4. The molecule has 0 aliphatic heterocycles. The lowest BCUT2D eigenvalue weighted by molar-refractivity contribution is 0.598. The van der Waals surface area contributed by atoms with Crippen LogP contribution in [0.1, 0.15) is 18.5 Å². The van der Waals surface area contributed by atoms with Crippen molar-refractivity contribution in [2.75, 3.05) is 7.05 Å². The molecule has 0 aliphatic rings. The van der Waals surface area contributed by atoms with E-state index in [-0.39, 0.29) is 11.9 Å². The second-order valence-electron chi connectivity index (χ2n) is 4.79. The third-order valence-corrected chi connectivity index (χ3v) is 3.61. The number of para-hydroxylation sites is 3. The molecule has 3 rings (SSSR count). The second-order valence-corrected chi connectivity index (χ2v) is 4.79. The van der Waals surface area contributed by atoms with Gasteiger partial charge in [-0.1, -0.05) is 24.3 Å². The first-order valence-electron chi connectivity index (χ1n) is 6.60. The van der Waals surface area contributed by atoms with Crippen molar-refractivity contribution in [2.45, 2.75) is 13.0 Å². The van der Waals surface area contributed by atoms with Crippen LogP contribution in [0.2, 0.25) is 0 Å². The Kier molecular flexibility index (Phi) is 3.24. The van der Waals surface area contributed by atoms with Gasteiger partial charge in [-0.25, -0.2) is 9.37 Å². The summed E-state index contributed by atoms with van der Waals surface area (Å²) in [5.74, 6) is -0.243. The van der Waals surface area contributed by atoms with Gasteiger partial charge in [0.25, 0.3) is 0 Å². The number of fused-ring (bicyclic) bond motifs is 1. The van der Waals surface area contributed by atoms with Crippen LogP contribution >= 0.6 is 0 Å². The summed E-state index contributed by atoms with van der Waals surface area (Å²) >= 11 is 0. The van der Waals surface area contributed by atoms with Crippen LogP contribution in [0, 0.1) is 5.82 Å². The lowest BCUT2D eigenvalue weighted by Gasteiger charge is -2.17. The van der Waals surface area contributed by atoms with Gasteiger partial charge in [-0.3, -0.25) is 4.57 Å². The average Bonchev–Trinajstić information content (AvgIpc) is 2.90. The third-order valence-electron chi connectivity index (χ3n) is 3.61. The number of rotatable bonds is 3. The molecule has 0 bridgehead atoms. The van der Waals surface area contributed by atoms with Crippen molar-refractivity contribution >= 4 is 11.0 Å². The monoisotopic (exact) mass is 269 g/mol. The molecule has 0 amide bonds. The Morgan fingerprint density at radius 2 is 1.95 bits per heavy atom. The molecule has 1 aromatic heterocycles. The average molecular weight is 269 g/mol. The van der Waals surface area contributed by atoms with Gasteiger partial charge in [0.1, 0.15) is 12.1 Å². The number of benzene rings is 2. The van der Waals surface area contributed by atoms with Crippen molar-refractivity contribution in [3.8, 4) is 5.69 Å². The van der Waals surface area contributed by atoms with Crippen molar-refractivity contribution in [3.63, 3.8) is 0 Å². The summed E-state index contributed by atoms with van der Waals surface area (Å²) in [5, 5.41) is 3.16. The lowest BCUT2D eigenvalue weighted by Crippen LogP contribution is -2.15. The van der Waals surface area contributed by atoms with Gasteiger partial charge in [0.2, 0.25) is 0 Å². The zero-order chi connectivity index (χ0) is 14.1. The highest BCUT2D eigenvalue weighted by Gasteiger charge is 2.16. The predicted molar refractivity (Wildman–Crippen MR) is 78.5 cm³/mol. The number of hydrogen-bond acceptors (Lipinski definition) is 2. The zero-order valence-electron chi connectivity index (χ0n) is 11.5. The number of nitrogens with zero attached hydrogens (tertiary/aromatic N) is 2. The van der Waals surface area contributed by atoms with Crippen LogP contribution in [0.4, 0.5) is 4.39 Å². The highest BCUT2D eigenvalue weighted by Crippen LogP contribution is 2.27. The molecular formula is C16H16FN3. The van der Waals surface area contributed by atoms with E-state index in [0.29, 0.717) is 5.69 Å². The first-order chi connectivity index (χ1) is 9.72. The number of aromatic nitrogens is 2. The van der Waals surface area contributed by atoms with Crippen LogP contribution in [-0.4, -0.2) is 16.6 Å². The first kappa shape index (κ1) is 12.8. The predicted octanol–water partition coefficient (Wildman–Crippen LogP) is 3.45. The summed E-state index contributed by atoms with van der Waals surface area (Å²) in [6, 6.07) is 12.9. The highest BCUT2D eigenvalue weighted by molar-refractivity contribution is 5.77. The SMILES string of the molecule is CNC(C)c1cccc(F)c1-n1cnc2ccccc21. The van der Waals surface area contributed by atoms with Crippen molar-refractivity contribution in [1.29, 1.82) is 0 Å². The lowest BCUT2D eigenvalue weighted by atomic mass is 10.1. The molecule has 0 saturated heterocycles. The molecule has 1 atom stereocenters. The van der Waals surface area contributed by atoms with E-state index < -0.39 is 0 Å². The van der Waals surface area contributed by atoms with Gasteiger partial charge in [0.15, 0.2) is 0 Å². The fraction of sp³-hybridized carbons (Fsp3) is 0.188. The van der Waals surface area contributed by atoms with Gasteiger partial charge in [-0.2, -0.15) is 0 Å². The van der Waals surface area contributed by atoms with Crippen molar-refractivity contribution in [2.24, 2.45) is 0 Å². The molecule has 20 heavy (non-hydrogen) atoms. The Bertz CT molecular complexity index is 748. The molecule has 2 aromatic carbocycles. The number of hydrogen-bond donors (Lipinski definition) is 1. The first-order valence-corrected chi connectivity index (χ1v) is 6.60. The minimum Gasteiger partial charge on any atom is -0.313 e. The molecular weight excluding hydrogens is 253 g/mol. The maximum absolute atomic E-state index is 14.4. The summed E-state index contributed by atoms with van der Waals surface area (Å²) in [6.45, 7) is 2.01. The molecule has 0 saturated carbocycles. The Labute approximate surface area is 117 Å². The number of imidazole rings is 1. The maximum Gasteiger partial charge on any atom is 0.147 e. The molecule has 1 heterocycles.